The Hall–Kier alpha value is -4.37. The first-order valence-corrected chi connectivity index (χ1v) is 12.4. The zero-order valence-corrected chi connectivity index (χ0v) is 20.5. The molecule has 0 radical (unpaired) electrons. The Morgan fingerprint density at radius 1 is 1.11 bits per heavy atom. The molecular weight excluding hydrogens is 468 g/mol. The van der Waals surface area contributed by atoms with E-state index in [4.69, 9.17) is 9.47 Å². The van der Waals surface area contributed by atoms with E-state index in [1.54, 1.807) is 13.2 Å². The smallest absolute Gasteiger partial charge is 0.271 e. The van der Waals surface area contributed by atoms with E-state index in [0.717, 1.165) is 45.9 Å². The molecule has 1 fully saturated rings. The van der Waals surface area contributed by atoms with Gasteiger partial charge in [0.2, 0.25) is 5.95 Å². The Bertz CT molecular complexity index is 1470. The Morgan fingerprint density at radius 2 is 2.00 bits per heavy atom. The molecule has 2 aliphatic heterocycles. The van der Waals surface area contributed by atoms with Gasteiger partial charge < -0.3 is 30.0 Å². The SMILES string of the molecule is CNc1ncc(CNc2ccc3c(c2)Cc2cccc(C4CN(c5ccc[nH]c5=O)CCO4)c2O3)cn1. The van der Waals surface area contributed by atoms with Gasteiger partial charge in [-0.15, -0.1) is 0 Å². The number of morpholine rings is 1. The average Bonchev–Trinajstić information content (AvgIpc) is 2.95. The van der Waals surface area contributed by atoms with Crippen molar-refractivity contribution in [3.63, 3.8) is 0 Å². The van der Waals surface area contributed by atoms with E-state index in [9.17, 15) is 4.79 Å². The normalized spacial score (nSPS) is 16.4. The summed E-state index contributed by atoms with van der Waals surface area (Å²) in [6, 6.07) is 16.1. The molecule has 9 heteroatoms. The minimum Gasteiger partial charge on any atom is -0.456 e. The van der Waals surface area contributed by atoms with Crippen LogP contribution in [0.2, 0.25) is 0 Å². The monoisotopic (exact) mass is 496 g/mol. The van der Waals surface area contributed by atoms with Crippen molar-refractivity contribution >= 4 is 17.3 Å². The number of pyridine rings is 1. The molecule has 1 unspecified atom stereocenters. The van der Waals surface area contributed by atoms with E-state index < -0.39 is 0 Å². The number of hydrogen-bond acceptors (Lipinski definition) is 8. The van der Waals surface area contributed by atoms with E-state index >= 15 is 0 Å². The molecule has 3 N–H and O–H groups in total. The van der Waals surface area contributed by atoms with Gasteiger partial charge in [0.15, 0.2) is 0 Å². The van der Waals surface area contributed by atoms with Crippen LogP contribution in [0.1, 0.15) is 28.4 Å². The number of nitrogens with zero attached hydrogens (tertiary/aromatic N) is 3. The van der Waals surface area contributed by atoms with Crippen LogP contribution in [0, 0.1) is 0 Å². The highest BCUT2D eigenvalue weighted by Gasteiger charge is 2.29. The maximum atomic E-state index is 12.3. The molecule has 1 atom stereocenters. The lowest BCUT2D eigenvalue weighted by Gasteiger charge is -2.35. The van der Waals surface area contributed by atoms with E-state index in [1.165, 1.54) is 0 Å². The molecule has 4 heterocycles. The first-order chi connectivity index (χ1) is 18.2. The van der Waals surface area contributed by atoms with Gasteiger partial charge in [0.25, 0.3) is 5.56 Å². The van der Waals surface area contributed by atoms with Crippen LogP contribution in [0.25, 0.3) is 0 Å². The standard InChI is InChI=1S/C28H28N6O3/c1-29-28-32-15-18(16-33-28)14-31-21-7-8-24-20(13-21)12-19-4-2-5-22(26(19)37-24)25-17-34(10-11-36-25)23-6-3-9-30-27(23)35/h2-9,13,15-16,25,31H,10-12,14,17H2,1H3,(H,30,35)(H,29,32,33). The zero-order valence-electron chi connectivity index (χ0n) is 20.5. The Morgan fingerprint density at radius 3 is 2.84 bits per heavy atom. The summed E-state index contributed by atoms with van der Waals surface area (Å²) in [7, 11) is 1.80. The topological polar surface area (TPSA) is 104 Å². The van der Waals surface area contributed by atoms with Gasteiger partial charge in [-0.3, -0.25) is 4.79 Å². The van der Waals surface area contributed by atoms with Crippen LogP contribution in [-0.4, -0.2) is 41.7 Å². The predicted octanol–water partition coefficient (Wildman–Crippen LogP) is 4.09. The fourth-order valence-corrected chi connectivity index (χ4v) is 4.86. The highest BCUT2D eigenvalue weighted by atomic mass is 16.5. The van der Waals surface area contributed by atoms with E-state index in [1.807, 2.05) is 36.7 Å². The first-order valence-electron chi connectivity index (χ1n) is 12.4. The zero-order chi connectivity index (χ0) is 25.2. The van der Waals surface area contributed by atoms with Gasteiger partial charge in [0.1, 0.15) is 23.3 Å². The molecule has 2 aromatic carbocycles. The number of hydrogen-bond donors (Lipinski definition) is 3. The Kier molecular flexibility index (Phi) is 6.20. The molecule has 0 amide bonds. The van der Waals surface area contributed by atoms with Gasteiger partial charge in [-0.1, -0.05) is 18.2 Å². The van der Waals surface area contributed by atoms with Crippen LogP contribution >= 0.6 is 0 Å². The van der Waals surface area contributed by atoms with Crippen molar-refractivity contribution in [2.45, 2.75) is 19.1 Å². The third-order valence-electron chi connectivity index (χ3n) is 6.76. The number of fused-ring (bicyclic) bond motifs is 2. The van der Waals surface area contributed by atoms with Crippen molar-refractivity contribution < 1.29 is 9.47 Å². The fraction of sp³-hybridized carbons (Fsp3) is 0.250. The number of aromatic nitrogens is 3. The summed E-state index contributed by atoms with van der Waals surface area (Å²) in [6.07, 6.45) is 5.85. The lowest BCUT2D eigenvalue weighted by molar-refractivity contribution is 0.0383. The summed E-state index contributed by atoms with van der Waals surface area (Å²) >= 11 is 0. The van der Waals surface area contributed by atoms with Crippen molar-refractivity contribution in [2.24, 2.45) is 0 Å². The van der Waals surface area contributed by atoms with Crippen molar-refractivity contribution in [1.82, 2.24) is 15.0 Å². The number of rotatable bonds is 6. The van der Waals surface area contributed by atoms with Crippen molar-refractivity contribution in [3.8, 4) is 11.5 Å². The Labute approximate surface area is 214 Å². The number of nitrogens with one attached hydrogen (secondary N) is 3. The van der Waals surface area contributed by atoms with E-state index in [0.29, 0.717) is 37.9 Å². The average molecular weight is 497 g/mol. The van der Waals surface area contributed by atoms with Gasteiger partial charge >= 0.3 is 0 Å². The summed E-state index contributed by atoms with van der Waals surface area (Å²) in [5, 5.41) is 6.38. The number of para-hydroxylation sites is 1. The summed E-state index contributed by atoms with van der Waals surface area (Å²) in [4.78, 5) is 25.7. The second kappa shape index (κ2) is 9.94. The maximum absolute atomic E-state index is 12.3. The van der Waals surface area contributed by atoms with Crippen LogP contribution in [0.15, 0.2) is 71.9 Å². The minimum absolute atomic E-state index is 0.0876. The largest absolute Gasteiger partial charge is 0.456 e. The minimum atomic E-state index is -0.192. The molecule has 188 valence electrons. The first kappa shape index (κ1) is 23.1. The predicted molar refractivity (Wildman–Crippen MR) is 143 cm³/mol. The molecule has 2 aromatic heterocycles. The summed E-state index contributed by atoms with van der Waals surface area (Å²) in [5.74, 6) is 2.30. The number of aromatic amines is 1. The van der Waals surface area contributed by atoms with Gasteiger partial charge in [0.05, 0.1) is 6.61 Å². The quantitative estimate of drug-likeness (QED) is 0.323. The van der Waals surface area contributed by atoms with Gasteiger partial charge in [-0.2, -0.15) is 0 Å². The molecule has 0 spiro atoms. The van der Waals surface area contributed by atoms with Crippen LogP contribution in [0.5, 0.6) is 11.5 Å². The molecule has 0 bridgehead atoms. The molecule has 2 aliphatic rings. The van der Waals surface area contributed by atoms with Crippen LogP contribution < -0.4 is 25.8 Å². The molecule has 0 aliphatic carbocycles. The van der Waals surface area contributed by atoms with Gasteiger partial charge in [-0.25, -0.2) is 9.97 Å². The second-order valence-corrected chi connectivity index (χ2v) is 9.15. The van der Waals surface area contributed by atoms with Gasteiger partial charge in [0, 0.05) is 74.1 Å². The second-order valence-electron chi connectivity index (χ2n) is 9.15. The molecule has 0 saturated carbocycles. The van der Waals surface area contributed by atoms with Crippen molar-refractivity contribution in [2.75, 3.05) is 42.3 Å². The summed E-state index contributed by atoms with van der Waals surface area (Å²) in [6.45, 7) is 2.42. The third kappa shape index (κ3) is 4.73. The van der Waals surface area contributed by atoms with Crippen LogP contribution in [-0.2, 0) is 17.7 Å². The highest BCUT2D eigenvalue weighted by Crippen LogP contribution is 2.43. The number of H-pyrrole nitrogens is 1. The highest BCUT2D eigenvalue weighted by molar-refractivity contribution is 5.59. The maximum Gasteiger partial charge on any atom is 0.271 e. The Balaban J connectivity index is 1.19. The molecular formula is C28H28N6O3. The number of benzene rings is 2. The van der Waals surface area contributed by atoms with Gasteiger partial charge in [-0.05, 0) is 35.9 Å². The summed E-state index contributed by atoms with van der Waals surface area (Å²) in [5.41, 5.74) is 5.84. The number of ether oxygens (including phenoxy) is 2. The van der Waals surface area contributed by atoms with Crippen molar-refractivity contribution in [3.05, 3.63) is 99.7 Å². The van der Waals surface area contributed by atoms with E-state index in [2.05, 4.69) is 54.8 Å². The lowest BCUT2D eigenvalue weighted by atomic mass is 9.95. The summed E-state index contributed by atoms with van der Waals surface area (Å²) < 4.78 is 12.6. The molecule has 6 rings (SSSR count). The molecule has 4 aromatic rings. The molecule has 9 nitrogen and oxygen atoms in total. The van der Waals surface area contributed by atoms with Crippen LogP contribution in [0.4, 0.5) is 17.3 Å². The van der Waals surface area contributed by atoms with Crippen LogP contribution in [0.3, 0.4) is 0 Å². The van der Waals surface area contributed by atoms with Crippen molar-refractivity contribution in [1.29, 1.82) is 0 Å². The third-order valence-corrected chi connectivity index (χ3v) is 6.76. The number of anilines is 3. The van der Waals surface area contributed by atoms with E-state index in [-0.39, 0.29) is 11.7 Å². The lowest BCUT2D eigenvalue weighted by Crippen LogP contribution is -2.41. The molecule has 37 heavy (non-hydrogen) atoms. The fourth-order valence-electron chi connectivity index (χ4n) is 4.86. The molecule has 1 saturated heterocycles.